The number of aryl methyl sites for hydroxylation is 2. The molecule has 1 aromatic carbocycles. The van der Waals surface area contributed by atoms with Gasteiger partial charge in [0.05, 0.1) is 16.3 Å². The Labute approximate surface area is 134 Å². The molecule has 23 heavy (non-hydrogen) atoms. The van der Waals surface area contributed by atoms with Crippen LogP contribution < -0.4 is 10.9 Å². The van der Waals surface area contributed by atoms with E-state index in [1.54, 1.807) is 20.8 Å². The van der Waals surface area contributed by atoms with Gasteiger partial charge in [-0.15, -0.1) is 0 Å². The zero-order chi connectivity index (χ0) is 16.8. The minimum atomic E-state index is -1.11. The first-order valence-electron chi connectivity index (χ1n) is 7.68. The highest BCUT2D eigenvalue weighted by Gasteiger charge is 2.39. The maximum Gasteiger partial charge on any atom is 0.261 e. The number of imide groups is 1. The number of nitrogens with zero attached hydrogens (tertiary/aromatic N) is 2. The van der Waals surface area contributed by atoms with Crippen molar-refractivity contribution in [2.45, 2.75) is 38.5 Å². The summed E-state index contributed by atoms with van der Waals surface area (Å²) in [5.41, 5.74) is 0.210. The molecule has 1 saturated heterocycles. The van der Waals surface area contributed by atoms with E-state index in [2.05, 4.69) is 10.3 Å². The van der Waals surface area contributed by atoms with Crippen molar-refractivity contribution in [2.24, 2.45) is 0 Å². The highest BCUT2D eigenvalue weighted by Crippen LogP contribution is 2.24. The van der Waals surface area contributed by atoms with Gasteiger partial charge in [0.25, 0.3) is 5.56 Å². The molecular formula is C16H18BN3O3. The minimum absolute atomic E-state index is 0.247. The van der Waals surface area contributed by atoms with Gasteiger partial charge in [-0.2, -0.15) is 0 Å². The third kappa shape index (κ3) is 2.46. The number of hydrogen-bond acceptors (Lipinski definition) is 4. The van der Waals surface area contributed by atoms with Gasteiger partial charge < -0.3 is 0 Å². The number of rotatable bonds is 1. The molecule has 1 atom stereocenters. The van der Waals surface area contributed by atoms with Gasteiger partial charge in [0.15, 0.2) is 0 Å². The van der Waals surface area contributed by atoms with E-state index in [9.17, 15) is 14.4 Å². The van der Waals surface area contributed by atoms with Crippen molar-refractivity contribution in [3.8, 4) is 0 Å². The van der Waals surface area contributed by atoms with Crippen molar-refractivity contribution in [3.05, 3.63) is 39.9 Å². The van der Waals surface area contributed by atoms with Crippen LogP contribution in [0.3, 0.4) is 0 Å². The maximum absolute atomic E-state index is 13.0. The Morgan fingerprint density at radius 3 is 2.74 bits per heavy atom. The molecule has 1 aliphatic heterocycles. The SMILES string of the molecule is B[C@@]1(n2c(C)nc3ccc(C)cc3c2=O)CCCC(=O)NC1=O. The molecule has 0 radical (unpaired) electrons. The number of hydrogen-bond donors (Lipinski definition) is 1. The summed E-state index contributed by atoms with van der Waals surface area (Å²) in [4.78, 5) is 41.6. The van der Waals surface area contributed by atoms with Crippen LogP contribution in [-0.2, 0) is 15.0 Å². The summed E-state index contributed by atoms with van der Waals surface area (Å²) in [6.07, 6.45) is 1.26. The van der Waals surface area contributed by atoms with Crippen molar-refractivity contribution < 1.29 is 9.59 Å². The maximum atomic E-state index is 13.0. The summed E-state index contributed by atoms with van der Waals surface area (Å²) < 4.78 is 1.43. The Morgan fingerprint density at radius 2 is 2.00 bits per heavy atom. The molecule has 1 N–H and O–H groups in total. The van der Waals surface area contributed by atoms with Gasteiger partial charge in [0, 0.05) is 6.42 Å². The predicted molar refractivity (Wildman–Crippen MR) is 89.0 cm³/mol. The van der Waals surface area contributed by atoms with E-state index in [0.717, 1.165) is 5.56 Å². The van der Waals surface area contributed by atoms with Crippen LogP contribution >= 0.6 is 0 Å². The predicted octanol–water partition coefficient (Wildman–Crippen LogP) is 0.126. The molecule has 0 aliphatic carbocycles. The van der Waals surface area contributed by atoms with E-state index >= 15 is 0 Å². The van der Waals surface area contributed by atoms with E-state index in [-0.39, 0.29) is 17.9 Å². The average Bonchev–Trinajstić information content (AvgIpc) is 2.59. The molecule has 118 valence electrons. The van der Waals surface area contributed by atoms with Crippen LogP contribution in [0.2, 0.25) is 0 Å². The van der Waals surface area contributed by atoms with Gasteiger partial charge in [-0.3, -0.25) is 24.3 Å². The molecule has 2 aromatic rings. The minimum Gasteiger partial charge on any atom is -0.295 e. The van der Waals surface area contributed by atoms with Crippen molar-refractivity contribution in [3.63, 3.8) is 0 Å². The van der Waals surface area contributed by atoms with E-state index in [1.165, 1.54) is 4.57 Å². The summed E-state index contributed by atoms with van der Waals surface area (Å²) >= 11 is 0. The topological polar surface area (TPSA) is 81.1 Å². The standard InChI is InChI=1S/C16H18BN3O3/c1-9-5-6-12-11(8-9)14(22)20(10(2)18-12)16(17)7-3-4-13(21)19-15(16)23/h5-6,8H,3-4,7,17H2,1-2H3,(H,19,21,23)/t16-/m1/s1. The number of carbonyl (C=O) groups excluding carboxylic acids is 2. The molecule has 0 saturated carbocycles. The van der Waals surface area contributed by atoms with Gasteiger partial charge in [0.1, 0.15) is 13.7 Å². The molecule has 6 nitrogen and oxygen atoms in total. The Hall–Kier alpha value is -2.44. The van der Waals surface area contributed by atoms with Crippen LogP contribution in [0.15, 0.2) is 23.0 Å². The van der Waals surface area contributed by atoms with Crippen LogP contribution in [-0.4, -0.2) is 29.2 Å². The fourth-order valence-electron chi connectivity index (χ4n) is 3.24. The first-order chi connectivity index (χ1) is 10.8. The van der Waals surface area contributed by atoms with Crippen LogP contribution in [0.5, 0.6) is 0 Å². The number of nitrogens with one attached hydrogen (secondary N) is 1. The van der Waals surface area contributed by atoms with Crippen LogP contribution in [0.25, 0.3) is 10.9 Å². The number of aromatic nitrogens is 2. The Morgan fingerprint density at radius 1 is 1.26 bits per heavy atom. The number of carbonyl (C=O) groups is 2. The summed E-state index contributed by atoms with van der Waals surface area (Å²) in [6.45, 7) is 3.62. The average molecular weight is 311 g/mol. The summed E-state index contributed by atoms with van der Waals surface area (Å²) in [7, 11) is 1.69. The normalized spacial score (nSPS) is 22.0. The monoisotopic (exact) mass is 311 g/mol. The third-order valence-electron chi connectivity index (χ3n) is 4.49. The number of amides is 2. The lowest BCUT2D eigenvalue weighted by atomic mass is 9.73. The highest BCUT2D eigenvalue weighted by molar-refractivity contribution is 6.28. The lowest BCUT2D eigenvalue weighted by Gasteiger charge is -2.30. The van der Waals surface area contributed by atoms with Gasteiger partial charge in [0.2, 0.25) is 11.8 Å². The van der Waals surface area contributed by atoms with E-state index < -0.39 is 11.3 Å². The first kappa shape index (κ1) is 15.5. The van der Waals surface area contributed by atoms with Gasteiger partial charge >= 0.3 is 0 Å². The van der Waals surface area contributed by atoms with E-state index in [0.29, 0.717) is 29.6 Å². The summed E-state index contributed by atoms with van der Waals surface area (Å²) in [5.74, 6) is -0.272. The van der Waals surface area contributed by atoms with Gasteiger partial charge in [-0.05, 0) is 38.8 Å². The van der Waals surface area contributed by atoms with Crippen molar-refractivity contribution >= 4 is 30.6 Å². The van der Waals surface area contributed by atoms with Gasteiger partial charge in [-0.1, -0.05) is 11.6 Å². The highest BCUT2D eigenvalue weighted by atomic mass is 16.2. The van der Waals surface area contributed by atoms with Crippen LogP contribution in [0.1, 0.15) is 30.7 Å². The fraction of sp³-hybridized carbons (Fsp3) is 0.375. The first-order valence-corrected chi connectivity index (χ1v) is 7.68. The largest absolute Gasteiger partial charge is 0.295 e. The van der Waals surface area contributed by atoms with E-state index in [1.807, 2.05) is 19.1 Å². The second-order valence-electron chi connectivity index (χ2n) is 6.32. The molecule has 1 aliphatic rings. The van der Waals surface area contributed by atoms with Crippen molar-refractivity contribution in [1.82, 2.24) is 14.9 Å². The molecule has 0 unspecified atom stereocenters. The molecule has 0 bridgehead atoms. The summed E-state index contributed by atoms with van der Waals surface area (Å²) in [6, 6.07) is 5.49. The van der Waals surface area contributed by atoms with E-state index in [4.69, 9.17) is 0 Å². The molecule has 0 spiro atoms. The molecule has 2 amide bonds. The Balaban J connectivity index is 2.28. The molecule has 1 fully saturated rings. The zero-order valence-corrected chi connectivity index (χ0v) is 13.5. The number of fused-ring (bicyclic) bond motifs is 1. The Kier molecular flexibility index (Phi) is 3.58. The van der Waals surface area contributed by atoms with Crippen molar-refractivity contribution in [2.75, 3.05) is 0 Å². The molecule has 3 rings (SSSR count). The summed E-state index contributed by atoms with van der Waals surface area (Å²) in [5, 5.41) is 2.87. The molecule has 1 aromatic heterocycles. The van der Waals surface area contributed by atoms with Crippen molar-refractivity contribution in [1.29, 1.82) is 0 Å². The Bertz CT molecular complexity index is 890. The second kappa shape index (κ2) is 5.33. The smallest absolute Gasteiger partial charge is 0.261 e. The van der Waals surface area contributed by atoms with Crippen LogP contribution in [0, 0.1) is 13.8 Å². The molecular weight excluding hydrogens is 293 g/mol. The number of benzene rings is 1. The molecule has 7 heteroatoms. The lowest BCUT2D eigenvalue weighted by Crippen LogP contribution is -2.54. The van der Waals surface area contributed by atoms with Crippen LogP contribution in [0.4, 0.5) is 0 Å². The van der Waals surface area contributed by atoms with Gasteiger partial charge in [-0.25, -0.2) is 4.98 Å². The zero-order valence-electron chi connectivity index (χ0n) is 13.5. The third-order valence-corrected chi connectivity index (χ3v) is 4.49. The lowest BCUT2D eigenvalue weighted by molar-refractivity contribution is -0.132. The quantitative estimate of drug-likeness (QED) is 0.599. The fourth-order valence-corrected chi connectivity index (χ4v) is 3.24. The molecule has 2 heterocycles. The second-order valence-corrected chi connectivity index (χ2v) is 6.32.